The number of piperazine rings is 1. The molecule has 2 amide bonds. The average molecular weight is 459 g/mol. The van der Waals surface area contributed by atoms with Crippen LogP contribution in [0.3, 0.4) is 0 Å². The minimum absolute atomic E-state index is 0.154. The number of fused-ring (bicyclic) bond motifs is 1. The molecule has 3 aromatic rings. The van der Waals surface area contributed by atoms with Gasteiger partial charge in [-0.1, -0.05) is 6.08 Å². The van der Waals surface area contributed by atoms with E-state index in [4.69, 9.17) is 4.42 Å². The molecule has 0 spiro atoms. The summed E-state index contributed by atoms with van der Waals surface area (Å²) in [6, 6.07) is 7.51. The Labute approximate surface area is 188 Å². The molecule has 0 bridgehead atoms. The summed E-state index contributed by atoms with van der Waals surface area (Å²) in [7, 11) is 0. The van der Waals surface area contributed by atoms with Crippen LogP contribution in [-0.4, -0.2) is 51.9 Å². The number of aryl methyl sites for hydroxylation is 1. The number of alkyl halides is 3. The summed E-state index contributed by atoms with van der Waals surface area (Å²) in [5.74, 6) is -0.505. The Hall–Kier alpha value is -3.49. The molecule has 9 heteroatoms. The molecule has 0 aliphatic carbocycles. The zero-order valence-electron chi connectivity index (χ0n) is 18.1. The van der Waals surface area contributed by atoms with Crippen LogP contribution in [0.15, 0.2) is 59.7 Å². The Kier molecular flexibility index (Phi) is 6.05. The summed E-state index contributed by atoms with van der Waals surface area (Å²) < 4.78 is 45.8. The van der Waals surface area contributed by atoms with Crippen LogP contribution in [0.1, 0.15) is 39.8 Å². The van der Waals surface area contributed by atoms with Crippen molar-refractivity contribution in [2.75, 3.05) is 19.6 Å². The number of carbonyl (C=O) groups is 2. The molecule has 4 rings (SSSR count). The summed E-state index contributed by atoms with van der Waals surface area (Å²) in [4.78, 5) is 29.5. The lowest BCUT2D eigenvalue weighted by molar-refractivity contribution is -0.137. The van der Waals surface area contributed by atoms with Crippen LogP contribution in [0.4, 0.5) is 13.2 Å². The molecule has 1 aromatic carbocycles. The van der Waals surface area contributed by atoms with Crippen LogP contribution in [0.25, 0.3) is 11.1 Å². The fourth-order valence-electron chi connectivity index (χ4n) is 4.17. The number of halogens is 3. The number of furan rings is 1. The smallest absolute Gasteiger partial charge is 0.416 e. The van der Waals surface area contributed by atoms with E-state index in [1.54, 1.807) is 34.3 Å². The summed E-state index contributed by atoms with van der Waals surface area (Å²) in [6.07, 6.45) is -0.421. The molecule has 1 saturated heterocycles. The largest absolute Gasteiger partial charge is 0.448 e. The van der Waals surface area contributed by atoms with Crippen molar-refractivity contribution in [2.45, 2.75) is 32.1 Å². The molecule has 2 aromatic heterocycles. The highest BCUT2D eigenvalue weighted by molar-refractivity contribution is 5.98. The minimum atomic E-state index is -4.45. The van der Waals surface area contributed by atoms with E-state index in [1.807, 2.05) is 11.5 Å². The lowest BCUT2D eigenvalue weighted by atomic mass is 10.1. The average Bonchev–Trinajstić information content (AvgIpc) is 3.38. The zero-order valence-corrected chi connectivity index (χ0v) is 18.1. The molecular weight excluding hydrogens is 435 g/mol. The van der Waals surface area contributed by atoms with Crippen molar-refractivity contribution in [3.8, 4) is 0 Å². The van der Waals surface area contributed by atoms with E-state index >= 15 is 0 Å². The first-order valence-electron chi connectivity index (χ1n) is 10.7. The summed E-state index contributed by atoms with van der Waals surface area (Å²) in [5.41, 5.74) is 0.534. The number of rotatable bonds is 5. The van der Waals surface area contributed by atoms with Crippen LogP contribution in [0.2, 0.25) is 0 Å². The number of aromatic nitrogens is 1. The van der Waals surface area contributed by atoms with Crippen molar-refractivity contribution in [1.82, 2.24) is 14.4 Å². The Morgan fingerprint density at radius 2 is 1.88 bits per heavy atom. The van der Waals surface area contributed by atoms with Gasteiger partial charge >= 0.3 is 6.18 Å². The fraction of sp³-hybridized carbons (Fsp3) is 0.333. The normalized spacial score (nSPS) is 16.9. The monoisotopic (exact) mass is 459 g/mol. The molecule has 1 aliphatic heterocycles. The van der Waals surface area contributed by atoms with E-state index in [0.29, 0.717) is 37.5 Å². The van der Waals surface area contributed by atoms with Crippen LogP contribution >= 0.6 is 0 Å². The summed E-state index contributed by atoms with van der Waals surface area (Å²) in [5, 5.41) is 0.839. The molecular formula is C24H24F3N3O3. The number of allylic oxidation sites excluding steroid dienone is 1. The Morgan fingerprint density at radius 3 is 2.52 bits per heavy atom. The van der Waals surface area contributed by atoms with Gasteiger partial charge in [-0.05, 0) is 49.7 Å². The van der Waals surface area contributed by atoms with Crippen LogP contribution < -0.4 is 0 Å². The molecule has 0 radical (unpaired) electrons. The molecule has 6 nitrogen and oxygen atoms in total. The summed E-state index contributed by atoms with van der Waals surface area (Å²) >= 11 is 0. The van der Waals surface area contributed by atoms with Gasteiger partial charge in [0, 0.05) is 43.2 Å². The maximum absolute atomic E-state index is 13.3. The van der Waals surface area contributed by atoms with Crippen molar-refractivity contribution in [3.05, 3.63) is 72.1 Å². The highest BCUT2D eigenvalue weighted by Gasteiger charge is 2.33. The second-order valence-electron chi connectivity index (χ2n) is 8.11. The van der Waals surface area contributed by atoms with Gasteiger partial charge in [0.1, 0.15) is 5.69 Å². The maximum Gasteiger partial charge on any atom is 0.416 e. The van der Waals surface area contributed by atoms with E-state index in [9.17, 15) is 22.8 Å². The van der Waals surface area contributed by atoms with Gasteiger partial charge in [0.2, 0.25) is 5.71 Å². The van der Waals surface area contributed by atoms with Gasteiger partial charge in [0.25, 0.3) is 11.8 Å². The van der Waals surface area contributed by atoms with Crippen LogP contribution in [-0.2, 0) is 12.7 Å². The van der Waals surface area contributed by atoms with Gasteiger partial charge in [-0.25, -0.2) is 0 Å². The first-order chi connectivity index (χ1) is 15.7. The molecule has 1 fully saturated rings. The zero-order chi connectivity index (χ0) is 23.8. The lowest BCUT2D eigenvalue weighted by Crippen LogP contribution is -2.55. The standard InChI is InChI=1S/C24H24F3N3O3/c1-3-4-10-30-20(14-18-9-13-33-23(18)30)22(32)28-11-12-29(16(2)15-28)21(31)17-5-7-19(8-6-17)24(25,26)27/h3,5-9,13-14,16H,1,4,10-12,15H2,2H3. The quantitative estimate of drug-likeness (QED) is 0.515. The Bertz CT molecular complexity index is 1180. The first-order valence-corrected chi connectivity index (χ1v) is 10.7. The maximum atomic E-state index is 13.3. The van der Waals surface area contributed by atoms with Crippen molar-refractivity contribution >= 4 is 22.9 Å². The Morgan fingerprint density at radius 1 is 1.15 bits per heavy atom. The SMILES string of the molecule is C=CCCn1c(C(=O)N2CCN(C(=O)c3ccc(C(F)(F)F)cc3)C(C)C2)cc2ccoc21. The fourth-order valence-corrected chi connectivity index (χ4v) is 4.17. The van der Waals surface area contributed by atoms with E-state index in [2.05, 4.69) is 6.58 Å². The van der Waals surface area contributed by atoms with Crippen molar-refractivity contribution in [3.63, 3.8) is 0 Å². The van der Waals surface area contributed by atoms with Gasteiger partial charge in [-0.3, -0.25) is 9.59 Å². The predicted octanol–water partition coefficient (Wildman–Crippen LogP) is 4.82. The van der Waals surface area contributed by atoms with Crippen LogP contribution in [0.5, 0.6) is 0 Å². The van der Waals surface area contributed by atoms with Crippen LogP contribution in [0, 0.1) is 0 Å². The molecule has 0 saturated carbocycles. The molecule has 33 heavy (non-hydrogen) atoms. The van der Waals surface area contributed by atoms with Gasteiger partial charge in [0.15, 0.2) is 0 Å². The highest BCUT2D eigenvalue weighted by Crippen LogP contribution is 2.29. The minimum Gasteiger partial charge on any atom is -0.448 e. The topological polar surface area (TPSA) is 58.7 Å². The van der Waals surface area contributed by atoms with Crippen molar-refractivity contribution in [2.24, 2.45) is 0 Å². The molecule has 1 aliphatic rings. The van der Waals surface area contributed by atoms with Gasteiger partial charge in [-0.15, -0.1) is 6.58 Å². The van der Waals surface area contributed by atoms with Gasteiger partial charge in [0.05, 0.1) is 11.8 Å². The van der Waals surface area contributed by atoms with Gasteiger partial charge < -0.3 is 18.8 Å². The molecule has 174 valence electrons. The summed E-state index contributed by atoms with van der Waals surface area (Å²) in [6.45, 7) is 7.05. The number of carbonyl (C=O) groups excluding carboxylic acids is 2. The molecule has 0 N–H and O–H groups in total. The number of amides is 2. The third-order valence-corrected chi connectivity index (χ3v) is 5.91. The molecule has 1 atom stereocenters. The molecule has 1 unspecified atom stereocenters. The number of hydrogen-bond donors (Lipinski definition) is 0. The molecule has 3 heterocycles. The number of nitrogens with zero attached hydrogens (tertiary/aromatic N) is 3. The lowest BCUT2D eigenvalue weighted by Gasteiger charge is -2.40. The predicted molar refractivity (Wildman–Crippen MR) is 117 cm³/mol. The third kappa shape index (κ3) is 4.40. The number of hydrogen-bond acceptors (Lipinski definition) is 3. The first kappa shape index (κ1) is 22.7. The van der Waals surface area contributed by atoms with Crippen molar-refractivity contribution < 1.29 is 27.2 Å². The number of benzene rings is 1. The third-order valence-electron chi connectivity index (χ3n) is 5.91. The van der Waals surface area contributed by atoms with E-state index in [-0.39, 0.29) is 30.0 Å². The van der Waals surface area contributed by atoms with E-state index in [1.165, 1.54) is 12.1 Å². The van der Waals surface area contributed by atoms with Crippen molar-refractivity contribution in [1.29, 1.82) is 0 Å². The van der Waals surface area contributed by atoms with Gasteiger partial charge in [-0.2, -0.15) is 13.2 Å². The van der Waals surface area contributed by atoms with E-state index in [0.717, 1.165) is 17.5 Å². The second-order valence-corrected chi connectivity index (χ2v) is 8.11. The Balaban J connectivity index is 1.48. The van der Waals surface area contributed by atoms with E-state index < -0.39 is 11.7 Å². The highest BCUT2D eigenvalue weighted by atomic mass is 19.4. The second kappa shape index (κ2) is 8.80.